The van der Waals surface area contributed by atoms with Crippen molar-refractivity contribution in [3.05, 3.63) is 128 Å². The standard InChI is InChI=1S/C37H21N5O/c1-2-10-22(11-3-1)34-23-12-4-5-14-25(23)39-37(40-34)42-27-16-7-6-15-26(27)41-28-17-9-19-30-32(28)33-31(43-30)20-21-38-35(33)24-13-8-18-29(42)36(24)41/h1-21H. The predicted molar refractivity (Wildman–Crippen MR) is 173 cm³/mol. The number of fused-ring (bicyclic) bond motifs is 5. The molecule has 1 aliphatic rings. The monoisotopic (exact) mass is 551 g/mol. The Morgan fingerprint density at radius 1 is 0.558 bits per heavy atom. The van der Waals surface area contributed by atoms with Crippen LogP contribution in [0.15, 0.2) is 132 Å². The second kappa shape index (κ2) is 8.27. The summed E-state index contributed by atoms with van der Waals surface area (Å²) < 4.78 is 8.70. The van der Waals surface area contributed by atoms with Gasteiger partial charge in [0.25, 0.3) is 0 Å². The zero-order valence-electron chi connectivity index (χ0n) is 22.8. The first-order valence-electron chi connectivity index (χ1n) is 14.3. The van der Waals surface area contributed by atoms with Gasteiger partial charge in [0.05, 0.1) is 55.6 Å². The highest BCUT2D eigenvalue weighted by Gasteiger charge is 2.30. The molecule has 0 N–H and O–H groups in total. The molecule has 10 rings (SSSR count). The highest BCUT2D eigenvalue weighted by molar-refractivity contribution is 6.26. The molecule has 6 heteroatoms. The highest BCUT2D eigenvalue weighted by Crippen LogP contribution is 2.49. The van der Waals surface area contributed by atoms with E-state index in [0.29, 0.717) is 5.95 Å². The summed E-state index contributed by atoms with van der Waals surface area (Å²) in [5.41, 5.74) is 10.6. The predicted octanol–water partition coefficient (Wildman–Crippen LogP) is 9.47. The fourth-order valence-corrected chi connectivity index (χ4v) is 6.81. The zero-order chi connectivity index (χ0) is 28.1. The van der Waals surface area contributed by atoms with Gasteiger partial charge in [-0.3, -0.25) is 9.88 Å². The Bertz CT molecular complexity index is 2580. The lowest BCUT2D eigenvalue weighted by Gasteiger charge is -2.32. The minimum Gasteiger partial charge on any atom is -0.456 e. The van der Waals surface area contributed by atoms with E-state index in [4.69, 9.17) is 19.4 Å². The van der Waals surface area contributed by atoms with Crippen molar-refractivity contribution in [3.63, 3.8) is 0 Å². The molecule has 1 aliphatic heterocycles. The minimum absolute atomic E-state index is 0.619. The third kappa shape index (κ3) is 2.99. The zero-order valence-corrected chi connectivity index (χ0v) is 22.8. The minimum atomic E-state index is 0.619. The molecule has 9 aromatic rings. The van der Waals surface area contributed by atoms with Crippen LogP contribution in [0.2, 0.25) is 0 Å². The maximum atomic E-state index is 6.34. The van der Waals surface area contributed by atoms with E-state index in [0.717, 1.165) is 83.1 Å². The summed E-state index contributed by atoms with van der Waals surface area (Å²) in [6, 6.07) is 41.7. The maximum Gasteiger partial charge on any atom is 0.235 e. The summed E-state index contributed by atoms with van der Waals surface area (Å²) >= 11 is 0. The van der Waals surface area contributed by atoms with Crippen LogP contribution in [-0.4, -0.2) is 19.5 Å². The van der Waals surface area contributed by atoms with Crippen molar-refractivity contribution < 1.29 is 4.42 Å². The van der Waals surface area contributed by atoms with Crippen LogP contribution in [0, 0.1) is 0 Å². The van der Waals surface area contributed by atoms with Gasteiger partial charge in [-0.05, 0) is 42.5 Å². The van der Waals surface area contributed by atoms with E-state index in [9.17, 15) is 0 Å². The number of anilines is 3. The SMILES string of the molecule is c1ccc(-c2nc(N3c4ccccc4-n4c5cccc6oc7ccnc(c8cccc3c84)c7c65)nc3ccccc23)cc1. The molecule has 0 bridgehead atoms. The molecule has 0 unspecified atom stereocenters. The van der Waals surface area contributed by atoms with Gasteiger partial charge in [-0.1, -0.05) is 78.9 Å². The van der Waals surface area contributed by atoms with Crippen molar-refractivity contribution in [1.82, 2.24) is 19.5 Å². The molecule has 5 aromatic carbocycles. The van der Waals surface area contributed by atoms with E-state index < -0.39 is 0 Å². The molecule has 0 radical (unpaired) electrons. The molecule has 43 heavy (non-hydrogen) atoms. The summed E-state index contributed by atoms with van der Waals surface area (Å²) in [5, 5.41) is 4.16. The normalized spacial score (nSPS) is 12.6. The molecule has 0 atom stereocenters. The molecular weight excluding hydrogens is 530 g/mol. The van der Waals surface area contributed by atoms with Crippen LogP contribution in [-0.2, 0) is 0 Å². The molecule has 5 heterocycles. The first kappa shape index (κ1) is 22.7. The number of aromatic nitrogens is 4. The van der Waals surface area contributed by atoms with Crippen LogP contribution >= 0.6 is 0 Å². The third-order valence-electron chi connectivity index (χ3n) is 8.56. The molecule has 0 saturated heterocycles. The Morgan fingerprint density at radius 2 is 1.30 bits per heavy atom. The van der Waals surface area contributed by atoms with Gasteiger partial charge >= 0.3 is 0 Å². The van der Waals surface area contributed by atoms with Gasteiger partial charge in [0.2, 0.25) is 5.95 Å². The van der Waals surface area contributed by atoms with Crippen LogP contribution in [0.5, 0.6) is 0 Å². The van der Waals surface area contributed by atoms with Crippen molar-refractivity contribution in [3.8, 4) is 16.9 Å². The Balaban J connectivity index is 1.40. The fourth-order valence-electron chi connectivity index (χ4n) is 6.81. The Morgan fingerprint density at radius 3 is 2.23 bits per heavy atom. The summed E-state index contributed by atoms with van der Waals surface area (Å²) in [5.74, 6) is 0.619. The Labute approximate surface area is 245 Å². The summed E-state index contributed by atoms with van der Waals surface area (Å²) in [6.07, 6.45) is 1.84. The van der Waals surface area contributed by atoms with Gasteiger partial charge in [0.15, 0.2) is 0 Å². The molecule has 4 aromatic heterocycles. The summed E-state index contributed by atoms with van der Waals surface area (Å²) in [6.45, 7) is 0. The lowest BCUT2D eigenvalue weighted by molar-refractivity contribution is 0.669. The third-order valence-corrected chi connectivity index (χ3v) is 8.56. The maximum absolute atomic E-state index is 6.34. The van der Waals surface area contributed by atoms with E-state index in [1.165, 1.54) is 0 Å². The van der Waals surface area contributed by atoms with Gasteiger partial charge < -0.3 is 8.98 Å². The summed E-state index contributed by atoms with van der Waals surface area (Å²) in [7, 11) is 0. The topological polar surface area (TPSA) is 60.0 Å². The quantitative estimate of drug-likeness (QED) is 0.214. The molecule has 0 amide bonds. The lowest BCUT2D eigenvalue weighted by atomic mass is 10.1. The number of hydrogen-bond donors (Lipinski definition) is 0. The molecule has 6 nitrogen and oxygen atoms in total. The number of pyridine rings is 1. The summed E-state index contributed by atoms with van der Waals surface area (Å²) in [4.78, 5) is 17.6. The Kier molecular flexibility index (Phi) is 4.36. The largest absolute Gasteiger partial charge is 0.456 e. The van der Waals surface area contributed by atoms with Crippen molar-refractivity contribution >= 4 is 72.1 Å². The number of benzene rings is 5. The van der Waals surface area contributed by atoms with E-state index in [1.54, 1.807) is 0 Å². The Hall–Kier alpha value is -6.01. The molecule has 0 aliphatic carbocycles. The molecule has 0 fully saturated rings. The smallest absolute Gasteiger partial charge is 0.235 e. The van der Waals surface area contributed by atoms with Crippen molar-refractivity contribution in [2.24, 2.45) is 0 Å². The number of nitrogens with zero attached hydrogens (tertiary/aromatic N) is 5. The van der Waals surface area contributed by atoms with Gasteiger partial charge in [0, 0.05) is 22.5 Å². The number of rotatable bonds is 2. The number of hydrogen-bond acceptors (Lipinski definition) is 5. The van der Waals surface area contributed by atoms with Crippen molar-refractivity contribution in [2.75, 3.05) is 4.90 Å². The first-order chi connectivity index (χ1) is 21.3. The fraction of sp³-hybridized carbons (Fsp3) is 0. The van der Waals surface area contributed by atoms with Crippen LogP contribution in [0.25, 0.3) is 71.7 Å². The van der Waals surface area contributed by atoms with E-state index in [-0.39, 0.29) is 0 Å². The number of para-hydroxylation sites is 4. The van der Waals surface area contributed by atoms with Gasteiger partial charge in [-0.2, -0.15) is 0 Å². The number of furan rings is 1. The van der Waals surface area contributed by atoms with Gasteiger partial charge in [-0.25, -0.2) is 9.97 Å². The molecule has 0 spiro atoms. The van der Waals surface area contributed by atoms with Crippen LogP contribution in [0.1, 0.15) is 0 Å². The van der Waals surface area contributed by atoms with E-state index in [2.05, 4.69) is 100 Å². The van der Waals surface area contributed by atoms with Crippen molar-refractivity contribution in [1.29, 1.82) is 0 Å². The second-order valence-electron chi connectivity index (χ2n) is 10.9. The average Bonchev–Trinajstić information content (AvgIpc) is 3.40. The van der Waals surface area contributed by atoms with E-state index >= 15 is 0 Å². The molecule has 200 valence electrons. The lowest BCUT2D eigenvalue weighted by Crippen LogP contribution is -2.21. The van der Waals surface area contributed by atoms with Crippen molar-refractivity contribution in [2.45, 2.75) is 0 Å². The highest BCUT2D eigenvalue weighted by atomic mass is 16.3. The van der Waals surface area contributed by atoms with E-state index in [1.807, 2.05) is 36.5 Å². The average molecular weight is 552 g/mol. The van der Waals surface area contributed by atoms with Crippen LogP contribution in [0.4, 0.5) is 17.3 Å². The van der Waals surface area contributed by atoms with Crippen LogP contribution in [0.3, 0.4) is 0 Å². The van der Waals surface area contributed by atoms with Crippen LogP contribution < -0.4 is 4.90 Å². The molecular formula is C37H21N5O. The second-order valence-corrected chi connectivity index (χ2v) is 10.9. The van der Waals surface area contributed by atoms with Gasteiger partial charge in [-0.15, -0.1) is 0 Å². The van der Waals surface area contributed by atoms with Gasteiger partial charge in [0.1, 0.15) is 11.2 Å². The first-order valence-corrected chi connectivity index (χ1v) is 14.3. The molecule has 0 saturated carbocycles.